The molecule has 4 heterocycles. The van der Waals surface area contributed by atoms with Crippen LogP contribution in [0, 0.1) is 5.92 Å². The second-order valence-electron chi connectivity index (χ2n) is 7.61. The predicted octanol–water partition coefficient (Wildman–Crippen LogP) is 0.00180. The molecule has 0 aromatic carbocycles. The van der Waals surface area contributed by atoms with Crippen LogP contribution >= 0.6 is 0 Å². The Balaban J connectivity index is 0.00000306. The second-order valence-corrected chi connectivity index (χ2v) is 7.61. The molecule has 14 heteroatoms. The van der Waals surface area contributed by atoms with Crippen molar-refractivity contribution < 1.29 is 42.2 Å². The number of carboxylic acids is 1. The molecule has 10 nitrogen and oxygen atoms in total. The third-order valence-electron chi connectivity index (χ3n) is 5.72. The number of aromatic nitrogens is 1. The van der Waals surface area contributed by atoms with E-state index >= 15 is 0 Å². The summed E-state index contributed by atoms with van der Waals surface area (Å²) in [5, 5.41) is 12.1. The molecule has 0 unspecified atom stereocenters. The molecular formula is C19H18F3N4NaO6. The molecular weight excluding hydrogens is 460 g/mol. The first-order valence-corrected chi connectivity index (χ1v) is 9.55. The monoisotopic (exact) mass is 478 g/mol. The number of pyridine rings is 1. The van der Waals surface area contributed by atoms with Gasteiger partial charge in [-0.15, -0.1) is 0 Å². The zero-order valence-electron chi connectivity index (χ0n) is 16.3. The molecule has 0 saturated carbocycles. The number of carbonyl (C=O) groups excluding carboxylic acids is 3. The number of alkyl halides is 3. The number of nitrogens with zero attached hydrogens (tertiary/aromatic N) is 3. The van der Waals surface area contributed by atoms with Crippen molar-refractivity contribution in [3.63, 3.8) is 0 Å². The summed E-state index contributed by atoms with van der Waals surface area (Å²) in [5.74, 6) is -5.08. The molecule has 0 spiro atoms. The van der Waals surface area contributed by atoms with E-state index < -0.39 is 60.4 Å². The Labute approximate surface area is 207 Å². The number of β-lactam (4-membered cyclic amide) rings is 1. The molecule has 1 aromatic rings. The molecule has 0 radical (unpaired) electrons. The molecule has 2 N–H and O–H groups in total. The summed E-state index contributed by atoms with van der Waals surface area (Å²) in [6.07, 6.45) is -2.93. The molecule has 3 aliphatic rings. The van der Waals surface area contributed by atoms with Crippen LogP contribution in [0.3, 0.4) is 0 Å². The number of ether oxygens (including phenoxy) is 1. The van der Waals surface area contributed by atoms with Crippen molar-refractivity contribution in [3.8, 4) is 0 Å². The Morgan fingerprint density at radius 2 is 1.91 bits per heavy atom. The van der Waals surface area contributed by atoms with E-state index in [1.807, 2.05) is 0 Å². The zero-order chi connectivity index (χ0) is 23.2. The first-order chi connectivity index (χ1) is 15.1. The fourth-order valence-corrected chi connectivity index (χ4v) is 4.42. The van der Waals surface area contributed by atoms with E-state index in [0.717, 1.165) is 10.5 Å². The van der Waals surface area contributed by atoms with Gasteiger partial charge in [0.15, 0.2) is 0 Å². The Morgan fingerprint density at radius 3 is 2.52 bits per heavy atom. The summed E-state index contributed by atoms with van der Waals surface area (Å²) in [4.78, 5) is 53.2. The van der Waals surface area contributed by atoms with Crippen molar-refractivity contribution in [2.75, 3.05) is 13.2 Å². The summed E-state index contributed by atoms with van der Waals surface area (Å²) in [7, 11) is 0. The quantitative estimate of drug-likeness (QED) is 0.450. The van der Waals surface area contributed by atoms with E-state index in [1.165, 1.54) is 12.4 Å². The third kappa shape index (κ3) is 4.57. The fraction of sp³-hybridized carbons (Fsp3) is 0.421. The van der Waals surface area contributed by atoms with Gasteiger partial charge in [0.1, 0.15) is 18.3 Å². The number of alkyl carbamates (subject to hydrolysis) is 1. The molecule has 2 fully saturated rings. The van der Waals surface area contributed by atoms with Gasteiger partial charge in [0, 0.05) is 31.4 Å². The number of carbonyl (C=O) groups is 4. The Morgan fingerprint density at radius 1 is 1.24 bits per heavy atom. The van der Waals surface area contributed by atoms with Crippen LogP contribution in [0.25, 0.3) is 0 Å². The SMILES string of the molecule is O=C(NCc1ccncc1)OCC1=C(C(=O)O)N2C(=O)[C@@H]3[C@H]2[C@H](C1)CN3C(=O)C(F)(F)F.[NaH]. The third-order valence-corrected chi connectivity index (χ3v) is 5.72. The summed E-state index contributed by atoms with van der Waals surface area (Å²) < 4.78 is 43.8. The molecule has 0 aliphatic carbocycles. The van der Waals surface area contributed by atoms with Gasteiger partial charge in [-0.1, -0.05) is 0 Å². The Bertz CT molecular complexity index is 1020. The van der Waals surface area contributed by atoms with E-state index in [1.54, 1.807) is 12.1 Å². The molecule has 2 saturated heterocycles. The van der Waals surface area contributed by atoms with Gasteiger partial charge in [0.25, 0.3) is 5.91 Å². The molecule has 4 rings (SSSR count). The van der Waals surface area contributed by atoms with Crippen LogP contribution in [-0.2, 0) is 25.7 Å². The summed E-state index contributed by atoms with van der Waals surface area (Å²) in [5.41, 5.74) is 0.419. The standard InChI is InChI=1S/C19H17F3N4O6.Na.H/c20-19(21,22)17(30)25-7-10-5-11(13(16(28)29)26-12(10)14(25)15(26)27)8-32-18(31)24-6-9-1-3-23-4-2-9;;/h1-4,10,12,14H,5-8H2,(H,24,31)(H,28,29);;/t10-,12-,14+;;/m1../s1. The maximum absolute atomic E-state index is 12.9. The minimum atomic E-state index is -5.14. The van der Waals surface area contributed by atoms with E-state index in [9.17, 15) is 37.5 Å². The normalized spacial score (nSPS) is 23.4. The van der Waals surface area contributed by atoms with Gasteiger partial charge in [0.2, 0.25) is 0 Å². The van der Waals surface area contributed by atoms with Crippen molar-refractivity contribution in [1.82, 2.24) is 20.1 Å². The molecule has 3 amide bonds. The van der Waals surface area contributed by atoms with E-state index in [-0.39, 0.29) is 54.6 Å². The van der Waals surface area contributed by atoms with Crippen LogP contribution in [0.15, 0.2) is 35.8 Å². The number of carboxylic acid groups (broad SMARTS) is 1. The van der Waals surface area contributed by atoms with Gasteiger partial charge in [0.05, 0.1) is 6.04 Å². The van der Waals surface area contributed by atoms with Gasteiger partial charge in [-0.3, -0.25) is 19.5 Å². The Hall–Kier alpha value is -2.64. The number of aliphatic carboxylic acids is 1. The van der Waals surface area contributed by atoms with Crippen molar-refractivity contribution in [1.29, 1.82) is 0 Å². The summed E-state index contributed by atoms with van der Waals surface area (Å²) in [6.45, 7) is -0.674. The number of hydrogen-bond donors (Lipinski definition) is 2. The van der Waals surface area contributed by atoms with E-state index in [2.05, 4.69) is 10.3 Å². The number of nitrogens with one attached hydrogen (secondary N) is 1. The number of halogens is 3. The minimum absolute atomic E-state index is 0. The first-order valence-electron chi connectivity index (χ1n) is 9.55. The number of hydrogen-bond acceptors (Lipinski definition) is 6. The van der Waals surface area contributed by atoms with Crippen LogP contribution < -0.4 is 5.32 Å². The molecule has 172 valence electrons. The maximum atomic E-state index is 12.9. The average Bonchev–Trinajstić information content (AvgIpc) is 3.11. The van der Waals surface area contributed by atoms with Crippen molar-refractivity contribution >= 4 is 53.4 Å². The summed E-state index contributed by atoms with van der Waals surface area (Å²) in [6, 6.07) is 1.16. The zero-order valence-corrected chi connectivity index (χ0v) is 16.3. The number of amides is 3. The van der Waals surface area contributed by atoms with E-state index in [4.69, 9.17) is 4.74 Å². The fourth-order valence-electron chi connectivity index (χ4n) is 4.42. The molecule has 0 bridgehead atoms. The Kier molecular flexibility index (Phi) is 7.05. The van der Waals surface area contributed by atoms with Gasteiger partial charge in [-0.2, -0.15) is 13.2 Å². The molecule has 33 heavy (non-hydrogen) atoms. The van der Waals surface area contributed by atoms with Gasteiger partial charge in [-0.05, 0) is 29.7 Å². The van der Waals surface area contributed by atoms with Gasteiger partial charge < -0.3 is 20.1 Å². The summed E-state index contributed by atoms with van der Waals surface area (Å²) >= 11 is 0. The molecule has 1 aromatic heterocycles. The number of likely N-dealkylation sites (tertiary alicyclic amines) is 1. The number of rotatable bonds is 5. The van der Waals surface area contributed by atoms with Crippen LogP contribution in [0.5, 0.6) is 0 Å². The first kappa shape index (κ1) is 25.0. The van der Waals surface area contributed by atoms with Gasteiger partial charge in [-0.25, -0.2) is 9.59 Å². The van der Waals surface area contributed by atoms with Crippen LogP contribution in [0.1, 0.15) is 12.0 Å². The van der Waals surface area contributed by atoms with Crippen LogP contribution in [0.4, 0.5) is 18.0 Å². The topological polar surface area (TPSA) is 129 Å². The molecule has 3 atom stereocenters. The van der Waals surface area contributed by atoms with Crippen LogP contribution in [-0.4, -0.2) is 105 Å². The van der Waals surface area contributed by atoms with Crippen molar-refractivity contribution in [2.45, 2.75) is 31.2 Å². The van der Waals surface area contributed by atoms with Gasteiger partial charge >= 0.3 is 53.7 Å². The van der Waals surface area contributed by atoms with Crippen LogP contribution in [0.2, 0.25) is 0 Å². The molecule has 3 aliphatic heterocycles. The second kappa shape index (κ2) is 9.31. The van der Waals surface area contributed by atoms with E-state index in [0.29, 0.717) is 4.90 Å². The van der Waals surface area contributed by atoms with Crippen molar-refractivity contribution in [3.05, 3.63) is 41.4 Å². The van der Waals surface area contributed by atoms with Crippen molar-refractivity contribution in [2.24, 2.45) is 5.92 Å². The predicted molar refractivity (Wildman–Crippen MR) is 105 cm³/mol. The average molecular weight is 478 g/mol.